The van der Waals surface area contributed by atoms with E-state index in [1.807, 2.05) is 18.2 Å². The largest absolute Gasteiger partial charge is 0.456 e. The quantitative estimate of drug-likeness (QED) is 0.178. The number of hydrogen-bond donors (Lipinski definition) is 0. The Morgan fingerprint density at radius 1 is 0.468 bits per heavy atom. The molecule has 0 spiro atoms. The summed E-state index contributed by atoms with van der Waals surface area (Å²) < 4.78 is 15.6. The van der Waals surface area contributed by atoms with Crippen LogP contribution in [0, 0.1) is 5.92 Å². The summed E-state index contributed by atoms with van der Waals surface area (Å²) in [6.07, 6.45) is 3.03. The van der Waals surface area contributed by atoms with Crippen molar-refractivity contribution in [1.29, 1.82) is 0 Å². The van der Waals surface area contributed by atoms with Gasteiger partial charge in [0.15, 0.2) is 5.84 Å². The number of aliphatic imine (C=N–C) groups is 2. The Hall–Kier alpha value is -8.02. The number of amidine groups is 1. The van der Waals surface area contributed by atoms with E-state index in [2.05, 4.69) is 181 Å². The highest BCUT2D eigenvalue weighted by Gasteiger charge is 2.25. The zero-order chi connectivity index (χ0) is 40.9. The molecule has 5 heteroatoms. The Morgan fingerprint density at radius 3 is 1.98 bits per heavy atom. The maximum atomic E-state index is 6.79. The second kappa shape index (κ2) is 13.5. The summed E-state index contributed by atoms with van der Waals surface area (Å²) in [6, 6.07) is 64.4. The van der Waals surface area contributed by atoms with Crippen LogP contribution in [0.25, 0.3) is 98.6 Å². The van der Waals surface area contributed by atoms with E-state index in [1.54, 1.807) is 0 Å². The van der Waals surface area contributed by atoms with Crippen molar-refractivity contribution in [3.8, 4) is 5.69 Å². The van der Waals surface area contributed by atoms with Crippen LogP contribution in [0.3, 0.4) is 0 Å². The number of rotatable bonds is 4. The second-order valence-corrected chi connectivity index (χ2v) is 16.5. The topological polar surface area (TPSA) is 55.9 Å². The highest BCUT2D eigenvalue weighted by atomic mass is 16.3. The molecule has 9 aromatic carbocycles. The van der Waals surface area contributed by atoms with Crippen LogP contribution in [0.15, 0.2) is 207 Å². The first-order chi connectivity index (χ1) is 30.6. The minimum Gasteiger partial charge on any atom is -0.456 e. The first-order valence-electron chi connectivity index (χ1n) is 21.3. The molecule has 0 radical (unpaired) electrons. The van der Waals surface area contributed by atoms with Gasteiger partial charge in [0.05, 0.1) is 28.1 Å². The second-order valence-electron chi connectivity index (χ2n) is 16.5. The minimum atomic E-state index is 0.00890. The molecule has 1 aliphatic heterocycles. The lowest BCUT2D eigenvalue weighted by atomic mass is 9.90. The van der Waals surface area contributed by atoms with Crippen LogP contribution >= 0.6 is 0 Å². The number of allylic oxidation sites excluding steroid dienone is 1. The van der Waals surface area contributed by atoms with Crippen molar-refractivity contribution in [1.82, 2.24) is 4.57 Å². The van der Waals surface area contributed by atoms with E-state index in [9.17, 15) is 0 Å². The molecule has 1 aliphatic rings. The van der Waals surface area contributed by atoms with E-state index in [0.717, 1.165) is 101 Å². The predicted octanol–water partition coefficient (Wildman–Crippen LogP) is 15.2. The van der Waals surface area contributed by atoms with E-state index < -0.39 is 0 Å². The van der Waals surface area contributed by atoms with E-state index in [0.29, 0.717) is 5.84 Å². The normalized spacial score (nSPS) is 17.4. The molecule has 292 valence electrons. The van der Waals surface area contributed by atoms with Gasteiger partial charge in [-0.05, 0) is 76.5 Å². The summed E-state index contributed by atoms with van der Waals surface area (Å²) in [6.45, 7) is 2.29. The lowest BCUT2D eigenvalue weighted by Crippen LogP contribution is -2.18. The third-order valence-electron chi connectivity index (χ3n) is 12.8. The van der Waals surface area contributed by atoms with Crippen LogP contribution in [0.4, 0.5) is 0 Å². The van der Waals surface area contributed by atoms with E-state index in [-0.39, 0.29) is 5.92 Å². The Labute approximate surface area is 356 Å². The van der Waals surface area contributed by atoms with Gasteiger partial charge in [-0.15, -0.1) is 0 Å². The van der Waals surface area contributed by atoms with E-state index in [1.165, 1.54) is 26.9 Å². The smallest absolute Gasteiger partial charge is 0.160 e. The van der Waals surface area contributed by atoms with Gasteiger partial charge in [-0.2, -0.15) is 0 Å². The monoisotopic (exact) mass is 795 g/mol. The summed E-state index contributed by atoms with van der Waals surface area (Å²) in [5.41, 5.74) is 11.5. The standard InChI is InChI=1S/C57H37N3O2/c1-34-25-28-48(41-21-12-16-35-13-4-5-17-40(35)41)58-57(38-26-27-44-43-19-7-10-23-51(43)61-53(44)31-38)59-56(34)47-32-39(33-54-55(47)45-20-8-11-24-52(45)62-54)60-49-22-9-6-18-42(49)46-29-36-14-2-3-15-37(36)30-50(46)60/h2-24,26-34H,25H2,1H3/b48-28+,58-57-,59-56+. The van der Waals surface area contributed by atoms with Gasteiger partial charge < -0.3 is 13.4 Å². The van der Waals surface area contributed by atoms with Gasteiger partial charge in [-0.1, -0.05) is 140 Å². The minimum absolute atomic E-state index is 0.00890. The van der Waals surface area contributed by atoms with Gasteiger partial charge in [0, 0.05) is 61.0 Å². The molecule has 0 saturated carbocycles. The first-order valence-corrected chi connectivity index (χ1v) is 21.3. The Kier molecular flexibility index (Phi) is 7.58. The molecule has 13 rings (SSSR count). The Balaban J connectivity index is 1.09. The molecule has 0 fully saturated rings. The molecular formula is C57H37N3O2. The summed E-state index contributed by atoms with van der Waals surface area (Å²) in [7, 11) is 0. The van der Waals surface area contributed by atoms with Crippen LogP contribution in [0.1, 0.15) is 30.0 Å². The molecular weight excluding hydrogens is 759 g/mol. The van der Waals surface area contributed by atoms with Gasteiger partial charge in [-0.3, -0.25) is 0 Å². The van der Waals surface area contributed by atoms with Crippen LogP contribution in [0.5, 0.6) is 0 Å². The van der Waals surface area contributed by atoms with Crippen molar-refractivity contribution in [2.45, 2.75) is 13.3 Å². The van der Waals surface area contributed by atoms with Crippen molar-refractivity contribution in [2.24, 2.45) is 15.9 Å². The van der Waals surface area contributed by atoms with Gasteiger partial charge in [-0.25, -0.2) is 9.98 Å². The zero-order valence-electron chi connectivity index (χ0n) is 33.8. The van der Waals surface area contributed by atoms with Crippen molar-refractivity contribution in [2.75, 3.05) is 0 Å². The summed E-state index contributed by atoms with van der Waals surface area (Å²) in [5.74, 6) is 0.636. The average Bonchev–Trinajstić information content (AvgIpc) is 3.98. The molecule has 1 unspecified atom stereocenters. The molecule has 1 atom stereocenters. The van der Waals surface area contributed by atoms with E-state index >= 15 is 0 Å². The average molecular weight is 796 g/mol. The molecule has 62 heavy (non-hydrogen) atoms. The molecule has 0 amide bonds. The van der Waals surface area contributed by atoms with Crippen LogP contribution in [-0.4, -0.2) is 16.1 Å². The summed E-state index contributed by atoms with van der Waals surface area (Å²) >= 11 is 0. The number of furan rings is 2. The maximum Gasteiger partial charge on any atom is 0.160 e. The predicted molar refractivity (Wildman–Crippen MR) is 258 cm³/mol. The zero-order valence-corrected chi connectivity index (χ0v) is 33.8. The first kappa shape index (κ1) is 34.8. The number of benzene rings is 9. The fraction of sp³-hybridized carbons (Fsp3) is 0.0526. The third kappa shape index (κ3) is 5.35. The van der Waals surface area contributed by atoms with Gasteiger partial charge >= 0.3 is 0 Å². The lowest BCUT2D eigenvalue weighted by molar-refractivity contribution is 0.668. The fourth-order valence-electron chi connectivity index (χ4n) is 9.85. The molecule has 0 N–H and O–H groups in total. The Morgan fingerprint density at radius 2 is 1.13 bits per heavy atom. The van der Waals surface area contributed by atoms with Crippen molar-refractivity contribution < 1.29 is 8.83 Å². The highest BCUT2D eigenvalue weighted by molar-refractivity contribution is 6.24. The number of nitrogens with zero attached hydrogens (tertiary/aromatic N) is 3. The SMILES string of the molecule is CC1C/C=C(c2cccc3ccccc23)/N=C(c2ccc3c(c2)oc2ccccc23)\N=C/1c1cc(-n2c3ccccc3c3cc4ccccc4cc32)cc2oc3ccccc3c12. The number of hydrogen-bond acceptors (Lipinski definition) is 4. The number of aromatic nitrogens is 1. The van der Waals surface area contributed by atoms with Crippen molar-refractivity contribution >= 4 is 104 Å². The van der Waals surface area contributed by atoms with Crippen LogP contribution < -0.4 is 0 Å². The lowest BCUT2D eigenvalue weighted by Gasteiger charge is -2.20. The molecule has 3 aromatic heterocycles. The maximum absolute atomic E-state index is 6.79. The number of fused-ring (bicyclic) bond motifs is 11. The number of para-hydroxylation sites is 3. The Bertz CT molecular complexity index is 3920. The molecule has 5 nitrogen and oxygen atoms in total. The van der Waals surface area contributed by atoms with E-state index in [4.69, 9.17) is 18.8 Å². The molecule has 0 bridgehead atoms. The van der Waals surface area contributed by atoms with Gasteiger partial charge in [0.1, 0.15) is 22.3 Å². The molecule has 4 heterocycles. The molecule has 12 aromatic rings. The summed E-state index contributed by atoms with van der Waals surface area (Å²) in [4.78, 5) is 11.3. The highest BCUT2D eigenvalue weighted by Crippen LogP contribution is 2.41. The molecule has 0 aliphatic carbocycles. The van der Waals surface area contributed by atoms with Crippen molar-refractivity contribution in [3.05, 3.63) is 205 Å². The third-order valence-corrected chi connectivity index (χ3v) is 12.8. The van der Waals surface area contributed by atoms with Crippen LogP contribution in [-0.2, 0) is 0 Å². The van der Waals surface area contributed by atoms with Crippen molar-refractivity contribution in [3.63, 3.8) is 0 Å². The molecule has 0 saturated heterocycles. The fourth-order valence-corrected chi connectivity index (χ4v) is 9.85. The van der Waals surface area contributed by atoms with Gasteiger partial charge in [0.25, 0.3) is 0 Å². The van der Waals surface area contributed by atoms with Crippen LogP contribution in [0.2, 0.25) is 0 Å². The van der Waals surface area contributed by atoms with Gasteiger partial charge in [0.2, 0.25) is 0 Å². The summed E-state index contributed by atoms with van der Waals surface area (Å²) in [5, 5.41) is 11.4.